The molecule has 1 aliphatic heterocycles. The SMILES string of the molecule is O=C(F)C1(F)CCCN1. The third-order valence-electron chi connectivity index (χ3n) is 1.41. The third-order valence-corrected chi connectivity index (χ3v) is 1.41. The Morgan fingerprint density at radius 2 is 2.33 bits per heavy atom. The van der Waals surface area contributed by atoms with Gasteiger partial charge in [-0.15, -0.1) is 0 Å². The van der Waals surface area contributed by atoms with Crippen molar-refractivity contribution in [1.29, 1.82) is 0 Å². The molecule has 0 amide bonds. The number of hydrogen-bond donors (Lipinski definition) is 1. The summed E-state index contributed by atoms with van der Waals surface area (Å²) in [5.41, 5.74) is 0. The van der Waals surface area contributed by atoms with E-state index < -0.39 is 11.8 Å². The molecule has 0 aromatic rings. The first-order chi connectivity index (χ1) is 4.15. The maximum atomic E-state index is 12.6. The van der Waals surface area contributed by atoms with Gasteiger partial charge in [-0.3, -0.25) is 10.1 Å². The minimum absolute atomic E-state index is 0.0394. The molecule has 2 nitrogen and oxygen atoms in total. The predicted molar refractivity (Wildman–Crippen MR) is 27.2 cm³/mol. The molecule has 0 aromatic heterocycles. The van der Waals surface area contributed by atoms with Gasteiger partial charge in [0.05, 0.1) is 0 Å². The smallest absolute Gasteiger partial charge is 0.276 e. The van der Waals surface area contributed by atoms with Crippen LogP contribution in [0.1, 0.15) is 12.8 Å². The molecule has 0 aliphatic carbocycles. The zero-order chi connectivity index (χ0) is 6.91. The van der Waals surface area contributed by atoms with Crippen molar-refractivity contribution in [3.05, 3.63) is 0 Å². The second kappa shape index (κ2) is 2.02. The number of nitrogens with one attached hydrogen (secondary N) is 1. The average molecular weight is 135 g/mol. The number of hydrogen-bond acceptors (Lipinski definition) is 2. The van der Waals surface area contributed by atoms with E-state index in [2.05, 4.69) is 5.32 Å². The van der Waals surface area contributed by atoms with E-state index in [1.54, 1.807) is 0 Å². The summed E-state index contributed by atoms with van der Waals surface area (Å²) in [5.74, 6) is -2.36. The van der Waals surface area contributed by atoms with E-state index in [9.17, 15) is 13.6 Å². The molecule has 9 heavy (non-hydrogen) atoms. The number of rotatable bonds is 1. The Morgan fingerprint density at radius 3 is 2.56 bits per heavy atom. The van der Waals surface area contributed by atoms with Gasteiger partial charge in [0.2, 0.25) is 0 Å². The van der Waals surface area contributed by atoms with Crippen molar-refractivity contribution in [3.63, 3.8) is 0 Å². The van der Waals surface area contributed by atoms with E-state index in [1.807, 2.05) is 0 Å². The summed E-state index contributed by atoms with van der Waals surface area (Å²) >= 11 is 0. The lowest BCUT2D eigenvalue weighted by atomic mass is 10.2. The maximum absolute atomic E-state index is 12.6. The van der Waals surface area contributed by atoms with Gasteiger partial charge in [0.15, 0.2) is 0 Å². The Hall–Kier alpha value is -0.510. The quantitative estimate of drug-likeness (QED) is 0.419. The van der Waals surface area contributed by atoms with E-state index in [0.717, 1.165) is 0 Å². The molecule has 1 N–H and O–H groups in total. The van der Waals surface area contributed by atoms with Crippen LogP contribution >= 0.6 is 0 Å². The van der Waals surface area contributed by atoms with Gasteiger partial charge >= 0.3 is 6.04 Å². The highest BCUT2D eigenvalue weighted by atomic mass is 19.2. The predicted octanol–water partition coefficient (Wildman–Crippen LogP) is 0.532. The molecule has 0 spiro atoms. The molecule has 0 aromatic carbocycles. The Bertz CT molecular complexity index is 131. The summed E-state index contributed by atoms with van der Waals surface area (Å²) < 4.78 is 24.3. The summed E-state index contributed by atoms with van der Waals surface area (Å²) in [5, 5.41) is 2.14. The first kappa shape index (κ1) is 6.61. The van der Waals surface area contributed by atoms with Crippen molar-refractivity contribution in [2.75, 3.05) is 6.54 Å². The summed E-state index contributed by atoms with van der Waals surface area (Å²) in [6.45, 7) is 0.381. The Balaban J connectivity index is 2.61. The van der Waals surface area contributed by atoms with E-state index in [0.29, 0.717) is 13.0 Å². The Kier molecular flexibility index (Phi) is 1.48. The van der Waals surface area contributed by atoms with E-state index in [4.69, 9.17) is 0 Å². The zero-order valence-corrected chi connectivity index (χ0v) is 4.79. The van der Waals surface area contributed by atoms with Gasteiger partial charge in [0.1, 0.15) is 0 Å². The topological polar surface area (TPSA) is 29.1 Å². The van der Waals surface area contributed by atoms with Gasteiger partial charge in [-0.25, -0.2) is 4.39 Å². The lowest BCUT2D eigenvalue weighted by Crippen LogP contribution is -2.40. The highest BCUT2D eigenvalue weighted by Crippen LogP contribution is 2.21. The van der Waals surface area contributed by atoms with Crippen molar-refractivity contribution >= 4 is 6.04 Å². The molecular formula is C5H7F2NO. The molecule has 1 saturated heterocycles. The summed E-state index contributed by atoms with van der Waals surface area (Å²) in [4.78, 5) is 9.86. The van der Waals surface area contributed by atoms with Crippen LogP contribution in [0.2, 0.25) is 0 Å². The maximum Gasteiger partial charge on any atom is 0.353 e. The largest absolute Gasteiger partial charge is 0.353 e. The summed E-state index contributed by atoms with van der Waals surface area (Å²) in [6.07, 6.45) is 0.481. The van der Waals surface area contributed by atoms with Crippen LogP contribution in [0.25, 0.3) is 0 Å². The fourth-order valence-corrected chi connectivity index (χ4v) is 0.875. The molecule has 0 saturated carbocycles. The number of alkyl halides is 1. The van der Waals surface area contributed by atoms with Crippen LogP contribution < -0.4 is 5.32 Å². The molecular weight excluding hydrogens is 128 g/mol. The molecule has 1 aliphatic rings. The Labute approximate surface area is 51.2 Å². The van der Waals surface area contributed by atoms with Gasteiger partial charge in [-0.05, 0) is 13.0 Å². The van der Waals surface area contributed by atoms with Gasteiger partial charge < -0.3 is 0 Å². The van der Waals surface area contributed by atoms with Gasteiger partial charge in [0.25, 0.3) is 5.79 Å². The Morgan fingerprint density at radius 1 is 1.67 bits per heavy atom. The highest BCUT2D eigenvalue weighted by molar-refractivity contribution is 5.77. The van der Waals surface area contributed by atoms with Crippen molar-refractivity contribution in [1.82, 2.24) is 5.32 Å². The fraction of sp³-hybridized carbons (Fsp3) is 0.800. The summed E-state index contributed by atoms with van der Waals surface area (Å²) in [7, 11) is 0. The normalized spacial score (nSPS) is 34.9. The minimum atomic E-state index is -2.36. The standard InChI is InChI=1S/C5H7F2NO/c6-4(9)5(7)2-1-3-8-5/h8H,1-3H2. The van der Waals surface area contributed by atoms with Crippen LogP contribution in [0.15, 0.2) is 0 Å². The lowest BCUT2D eigenvalue weighted by molar-refractivity contribution is -0.143. The van der Waals surface area contributed by atoms with Gasteiger partial charge in [-0.2, -0.15) is 4.39 Å². The van der Waals surface area contributed by atoms with Crippen LogP contribution in [0, 0.1) is 0 Å². The van der Waals surface area contributed by atoms with Crippen molar-refractivity contribution < 1.29 is 13.6 Å². The van der Waals surface area contributed by atoms with Crippen LogP contribution in [0.4, 0.5) is 8.78 Å². The van der Waals surface area contributed by atoms with Crippen molar-refractivity contribution in [3.8, 4) is 0 Å². The van der Waals surface area contributed by atoms with E-state index in [-0.39, 0.29) is 6.42 Å². The second-order valence-electron chi connectivity index (χ2n) is 2.11. The second-order valence-corrected chi connectivity index (χ2v) is 2.11. The van der Waals surface area contributed by atoms with Crippen molar-refractivity contribution in [2.45, 2.75) is 18.6 Å². The molecule has 1 atom stereocenters. The van der Waals surface area contributed by atoms with Gasteiger partial charge in [0, 0.05) is 6.42 Å². The van der Waals surface area contributed by atoms with Gasteiger partial charge in [-0.1, -0.05) is 0 Å². The van der Waals surface area contributed by atoms with E-state index >= 15 is 0 Å². The molecule has 0 radical (unpaired) electrons. The molecule has 52 valence electrons. The summed E-state index contributed by atoms with van der Waals surface area (Å²) in [6, 6.07) is -1.90. The zero-order valence-electron chi connectivity index (χ0n) is 4.79. The third kappa shape index (κ3) is 1.08. The first-order valence-corrected chi connectivity index (χ1v) is 2.79. The molecule has 1 rings (SSSR count). The first-order valence-electron chi connectivity index (χ1n) is 2.79. The molecule has 1 fully saturated rings. The number of carbonyl (C=O) groups is 1. The van der Waals surface area contributed by atoms with Crippen LogP contribution in [-0.4, -0.2) is 18.4 Å². The van der Waals surface area contributed by atoms with Crippen LogP contribution in [-0.2, 0) is 4.79 Å². The van der Waals surface area contributed by atoms with Crippen LogP contribution in [0.5, 0.6) is 0 Å². The molecule has 0 bridgehead atoms. The lowest BCUT2D eigenvalue weighted by Gasteiger charge is -2.10. The fourth-order valence-electron chi connectivity index (χ4n) is 0.875. The molecule has 1 unspecified atom stereocenters. The molecule has 4 heteroatoms. The number of carbonyl (C=O) groups excluding carboxylic acids is 1. The highest BCUT2D eigenvalue weighted by Gasteiger charge is 2.41. The van der Waals surface area contributed by atoms with E-state index in [1.165, 1.54) is 0 Å². The molecule has 1 heterocycles. The number of halogens is 2. The minimum Gasteiger partial charge on any atom is -0.276 e. The van der Waals surface area contributed by atoms with Crippen molar-refractivity contribution in [2.24, 2.45) is 0 Å². The monoisotopic (exact) mass is 135 g/mol. The average Bonchev–Trinajstić information content (AvgIpc) is 2.16. The van der Waals surface area contributed by atoms with Crippen LogP contribution in [0.3, 0.4) is 0 Å².